The second kappa shape index (κ2) is 7.58. The lowest BCUT2D eigenvalue weighted by atomic mass is 10.1. The molecule has 4 heteroatoms. The molecule has 1 saturated heterocycles. The van der Waals surface area contributed by atoms with Gasteiger partial charge in [0.05, 0.1) is 6.10 Å². The van der Waals surface area contributed by atoms with Gasteiger partial charge in [0, 0.05) is 25.3 Å². The van der Waals surface area contributed by atoms with Crippen LogP contribution in [-0.4, -0.2) is 30.1 Å². The SMILES string of the molecule is Cc1ccc(C(=O)N(Cc2ccc(F)cc2)CC2CCCO2)cc1. The Hall–Kier alpha value is -2.20. The molecule has 1 amide bonds. The van der Waals surface area contributed by atoms with E-state index in [1.54, 1.807) is 17.0 Å². The fourth-order valence-corrected chi connectivity index (χ4v) is 2.94. The van der Waals surface area contributed by atoms with Gasteiger partial charge in [-0.25, -0.2) is 4.39 Å². The average molecular weight is 327 g/mol. The van der Waals surface area contributed by atoms with E-state index in [4.69, 9.17) is 4.74 Å². The van der Waals surface area contributed by atoms with Crippen LogP contribution in [0.2, 0.25) is 0 Å². The smallest absolute Gasteiger partial charge is 0.254 e. The number of rotatable bonds is 5. The zero-order chi connectivity index (χ0) is 16.9. The lowest BCUT2D eigenvalue weighted by Crippen LogP contribution is -2.37. The van der Waals surface area contributed by atoms with Crippen molar-refractivity contribution >= 4 is 5.91 Å². The molecule has 1 aliphatic rings. The molecule has 3 rings (SSSR count). The van der Waals surface area contributed by atoms with E-state index < -0.39 is 0 Å². The third kappa shape index (κ3) is 4.20. The van der Waals surface area contributed by atoms with Crippen LogP contribution in [0.25, 0.3) is 0 Å². The minimum Gasteiger partial charge on any atom is -0.376 e. The molecule has 3 nitrogen and oxygen atoms in total. The maximum absolute atomic E-state index is 13.1. The van der Waals surface area contributed by atoms with Gasteiger partial charge < -0.3 is 9.64 Å². The highest BCUT2D eigenvalue weighted by molar-refractivity contribution is 5.94. The summed E-state index contributed by atoms with van der Waals surface area (Å²) in [6.07, 6.45) is 2.09. The number of halogens is 1. The minimum absolute atomic E-state index is 0.0187. The van der Waals surface area contributed by atoms with E-state index in [0.717, 1.165) is 30.6 Å². The summed E-state index contributed by atoms with van der Waals surface area (Å²) in [5.41, 5.74) is 2.70. The zero-order valence-electron chi connectivity index (χ0n) is 13.9. The number of hydrogen-bond acceptors (Lipinski definition) is 2. The summed E-state index contributed by atoms with van der Waals surface area (Å²) < 4.78 is 18.8. The van der Waals surface area contributed by atoms with Crippen LogP contribution < -0.4 is 0 Å². The van der Waals surface area contributed by atoms with Gasteiger partial charge in [-0.1, -0.05) is 29.8 Å². The molecular formula is C20H22FNO2. The summed E-state index contributed by atoms with van der Waals surface area (Å²) in [7, 11) is 0. The van der Waals surface area contributed by atoms with Gasteiger partial charge in [0.2, 0.25) is 0 Å². The molecule has 1 heterocycles. The second-order valence-corrected chi connectivity index (χ2v) is 6.31. The average Bonchev–Trinajstić information content (AvgIpc) is 3.09. The summed E-state index contributed by atoms with van der Waals surface area (Å²) in [6.45, 7) is 3.77. The minimum atomic E-state index is -0.269. The Labute approximate surface area is 142 Å². The van der Waals surface area contributed by atoms with Crippen molar-refractivity contribution in [1.82, 2.24) is 4.90 Å². The van der Waals surface area contributed by atoms with Crippen LogP contribution in [0.1, 0.15) is 34.3 Å². The molecule has 126 valence electrons. The molecule has 1 unspecified atom stereocenters. The van der Waals surface area contributed by atoms with Crippen LogP contribution >= 0.6 is 0 Å². The van der Waals surface area contributed by atoms with Gasteiger partial charge in [0.25, 0.3) is 5.91 Å². The van der Waals surface area contributed by atoms with Gasteiger partial charge in [-0.15, -0.1) is 0 Å². The van der Waals surface area contributed by atoms with Crippen LogP contribution in [0, 0.1) is 12.7 Å². The summed E-state index contributed by atoms with van der Waals surface area (Å²) in [4.78, 5) is 14.7. The second-order valence-electron chi connectivity index (χ2n) is 6.31. The van der Waals surface area contributed by atoms with E-state index >= 15 is 0 Å². The lowest BCUT2D eigenvalue weighted by Gasteiger charge is -2.26. The van der Waals surface area contributed by atoms with Gasteiger partial charge in [0.15, 0.2) is 0 Å². The van der Waals surface area contributed by atoms with Crippen molar-refractivity contribution in [2.24, 2.45) is 0 Å². The van der Waals surface area contributed by atoms with Crippen molar-refractivity contribution in [3.05, 3.63) is 71.0 Å². The monoisotopic (exact) mass is 327 g/mol. The van der Waals surface area contributed by atoms with Gasteiger partial charge in [-0.2, -0.15) is 0 Å². The number of nitrogens with zero attached hydrogens (tertiary/aromatic N) is 1. The van der Waals surface area contributed by atoms with E-state index in [-0.39, 0.29) is 17.8 Å². The maximum atomic E-state index is 13.1. The maximum Gasteiger partial charge on any atom is 0.254 e. The van der Waals surface area contributed by atoms with Crippen molar-refractivity contribution in [2.45, 2.75) is 32.4 Å². The Balaban J connectivity index is 1.78. The van der Waals surface area contributed by atoms with E-state index in [9.17, 15) is 9.18 Å². The van der Waals surface area contributed by atoms with Gasteiger partial charge >= 0.3 is 0 Å². The van der Waals surface area contributed by atoms with Crippen LogP contribution in [0.4, 0.5) is 4.39 Å². The third-order valence-corrected chi connectivity index (χ3v) is 4.32. The molecule has 2 aromatic rings. The number of aryl methyl sites for hydroxylation is 1. The molecule has 0 radical (unpaired) electrons. The molecule has 0 aliphatic carbocycles. The Bertz CT molecular complexity index is 676. The molecule has 1 atom stereocenters. The molecule has 0 N–H and O–H groups in total. The predicted molar refractivity (Wildman–Crippen MR) is 91.3 cm³/mol. The first-order valence-corrected chi connectivity index (χ1v) is 8.34. The number of carbonyl (C=O) groups is 1. The lowest BCUT2D eigenvalue weighted by molar-refractivity contribution is 0.0507. The molecule has 1 aliphatic heterocycles. The Morgan fingerprint density at radius 3 is 2.50 bits per heavy atom. The van der Waals surface area contributed by atoms with Gasteiger partial charge in [-0.05, 0) is 49.6 Å². The van der Waals surface area contributed by atoms with Crippen LogP contribution in [0.15, 0.2) is 48.5 Å². The summed E-state index contributed by atoms with van der Waals surface area (Å²) in [6, 6.07) is 13.9. The number of carbonyl (C=O) groups excluding carboxylic acids is 1. The highest BCUT2D eigenvalue weighted by Gasteiger charge is 2.23. The molecule has 1 fully saturated rings. The zero-order valence-corrected chi connectivity index (χ0v) is 13.9. The Morgan fingerprint density at radius 1 is 1.17 bits per heavy atom. The number of hydrogen-bond donors (Lipinski definition) is 0. The molecule has 0 spiro atoms. The van der Waals surface area contributed by atoms with Crippen LogP contribution in [-0.2, 0) is 11.3 Å². The summed E-state index contributed by atoms with van der Waals surface area (Å²) in [5, 5.41) is 0. The fraction of sp³-hybridized carbons (Fsp3) is 0.350. The number of amides is 1. The molecule has 2 aromatic carbocycles. The van der Waals surface area contributed by atoms with Crippen LogP contribution in [0.3, 0.4) is 0 Å². The van der Waals surface area contributed by atoms with E-state index in [0.29, 0.717) is 18.7 Å². The van der Waals surface area contributed by atoms with E-state index in [1.165, 1.54) is 12.1 Å². The number of benzene rings is 2. The highest BCUT2D eigenvalue weighted by atomic mass is 19.1. The molecular weight excluding hydrogens is 305 g/mol. The highest BCUT2D eigenvalue weighted by Crippen LogP contribution is 2.18. The predicted octanol–water partition coefficient (Wildman–Crippen LogP) is 3.96. The van der Waals surface area contributed by atoms with Crippen molar-refractivity contribution < 1.29 is 13.9 Å². The van der Waals surface area contributed by atoms with E-state index in [1.807, 2.05) is 31.2 Å². The van der Waals surface area contributed by atoms with Gasteiger partial charge in [-0.3, -0.25) is 4.79 Å². The standard InChI is InChI=1S/C20H22FNO2/c1-15-4-8-17(9-5-15)20(23)22(14-19-3-2-12-24-19)13-16-6-10-18(21)11-7-16/h4-11,19H,2-3,12-14H2,1H3. The largest absolute Gasteiger partial charge is 0.376 e. The molecule has 0 bridgehead atoms. The number of ether oxygens (including phenoxy) is 1. The van der Waals surface area contributed by atoms with Crippen molar-refractivity contribution in [3.63, 3.8) is 0 Å². The Morgan fingerprint density at radius 2 is 1.88 bits per heavy atom. The van der Waals surface area contributed by atoms with E-state index in [2.05, 4.69) is 0 Å². The fourth-order valence-electron chi connectivity index (χ4n) is 2.94. The first-order valence-electron chi connectivity index (χ1n) is 8.34. The molecule has 0 saturated carbocycles. The molecule has 24 heavy (non-hydrogen) atoms. The van der Waals surface area contributed by atoms with Gasteiger partial charge in [0.1, 0.15) is 5.82 Å². The normalized spacial score (nSPS) is 17.0. The summed E-state index contributed by atoms with van der Waals surface area (Å²) >= 11 is 0. The first-order chi connectivity index (χ1) is 11.6. The van der Waals surface area contributed by atoms with Crippen molar-refractivity contribution in [1.29, 1.82) is 0 Å². The van der Waals surface area contributed by atoms with Crippen LogP contribution in [0.5, 0.6) is 0 Å². The Kier molecular flexibility index (Phi) is 5.26. The topological polar surface area (TPSA) is 29.5 Å². The van der Waals surface area contributed by atoms with Crippen molar-refractivity contribution in [3.8, 4) is 0 Å². The first kappa shape index (κ1) is 16.7. The third-order valence-electron chi connectivity index (χ3n) is 4.32. The quantitative estimate of drug-likeness (QED) is 0.832. The summed E-state index contributed by atoms with van der Waals surface area (Å²) in [5.74, 6) is -0.288. The van der Waals surface area contributed by atoms with Crippen molar-refractivity contribution in [2.75, 3.05) is 13.2 Å². The molecule has 0 aromatic heterocycles.